The molecule has 0 heterocycles. The van der Waals surface area contributed by atoms with Crippen LogP contribution < -0.4 is 5.73 Å². The van der Waals surface area contributed by atoms with Crippen molar-refractivity contribution < 1.29 is 0 Å². The molecule has 0 aliphatic carbocycles. The summed E-state index contributed by atoms with van der Waals surface area (Å²) in [6.45, 7) is 6.72. The second kappa shape index (κ2) is 6.81. The van der Waals surface area contributed by atoms with Crippen LogP contribution in [0.25, 0.3) is 0 Å². The fourth-order valence-electron chi connectivity index (χ4n) is 1.06. The van der Waals surface area contributed by atoms with Crippen molar-refractivity contribution in [1.82, 2.24) is 0 Å². The van der Waals surface area contributed by atoms with Gasteiger partial charge in [-0.15, -0.1) is 6.58 Å². The van der Waals surface area contributed by atoms with Gasteiger partial charge in [0.2, 0.25) is 0 Å². The molecule has 0 aliphatic heterocycles. The molecule has 1 heteroatoms. The molecule has 0 aromatic heterocycles. The predicted octanol–water partition coefficient (Wildman–Crippen LogP) is 2.33. The van der Waals surface area contributed by atoms with Crippen LogP contribution in [0.1, 0.15) is 32.6 Å². The second-order valence-electron chi connectivity index (χ2n) is 2.77. The Morgan fingerprint density at radius 3 is 2.70 bits per heavy atom. The van der Waals surface area contributed by atoms with Gasteiger partial charge in [0, 0.05) is 0 Å². The van der Waals surface area contributed by atoms with Gasteiger partial charge in [-0.25, -0.2) is 0 Å². The van der Waals surface area contributed by atoms with Gasteiger partial charge in [0.1, 0.15) is 0 Å². The normalized spacial score (nSPS) is 13.0. The number of hydrogen-bond acceptors (Lipinski definition) is 1. The molecule has 10 heavy (non-hydrogen) atoms. The van der Waals surface area contributed by atoms with Gasteiger partial charge in [-0.05, 0) is 25.3 Å². The van der Waals surface area contributed by atoms with Gasteiger partial charge in [0.25, 0.3) is 0 Å². The lowest BCUT2D eigenvalue weighted by Gasteiger charge is -2.10. The van der Waals surface area contributed by atoms with Crippen LogP contribution in [-0.4, -0.2) is 6.54 Å². The first-order valence-electron chi connectivity index (χ1n) is 4.16. The van der Waals surface area contributed by atoms with E-state index in [0.717, 1.165) is 13.0 Å². The van der Waals surface area contributed by atoms with Crippen molar-refractivity contribution >= 4 is 0 Å². The Bertz CT molecular complexity index is 78.8. The van der Waals surface area contributed by atoms with E-state index in [1.54, 1.807) is 0 Å². The molecule has 0 amide bonds. The number of rotatable bonds is 6. The molecule has 0 bridgehead atoms. The summed E-state index contributed by atoms with van der Waals surface area (Å²) < 4.78 is 0. The standard InChI is InChI=1S/C9H19N/c1-3-5-7-9(8-10)6-4-2/h4,9H,2-3,5-8,10H2,1H3/t9-/m0/s1. The topological polar surface area (TPSA) is 26.0 Å². The van der Waals surface area contributed by atoms with Crippen molar-refractivity contribution in [1.29, 1.82) is 0 Å². The molecule has 0 aromatic carbocycles. The molecule has 2 N–H and O–H groups in total. The lowest BCUT2D eigenvalue weighted by atomic mass is 9.99. The van der Waals surface area contributed by atoms with E-state index < -0.39 is 0 Å². The highest BCUT2D eigenvalue weighted by Gasteiger charge is 2.01. The van der Waals surface area contributed by atoms with Crippen LogP contribution in [0, 0.1) is 5.92 Å². The van der Waals surface area contributed by atoms with Crippen LogP contribution in [0.2, 0.25) is 0 Å². The molecule has 0 aromatic rings. The van der Waals surface area contributed by atoms with Crippen LogP contribution >= 0.6 is 0 Å². The van der Waals surface area contributed by atoms with Crippen LogP contribution in [-0.2, 0) is 0 Å². The Morgan fingerprint density at radius 2 is 2.30 bits per heavy atom. The van der Waals surface area contributed by atoms with Crippen molar-refractivity contribution in [3.05, 3.63) is 12.7 Å². The van der Waals surface area contributed by atoms with Crippen LogP contribution in [0.5, 0.6) is 0 Å². The molecular formula is C9H19N. The maximum Gasteiger partial charge on any atom is -0.00459 e. The summed E-state index contributed by atoms with van der Waals surface area (Å²) in [6, 6.07) is 0. The third-order valence-corrected chi connectivity index (χ3v) is 1.80. The molecular weight excluding hydrogens is 122 g/mol. The SMILES string of the molecule is C=CC[C@H](CN)CCCC. The summed E-state index contributed by atoms with van der Waals surface area (Å²) in [5.41, 5.74) is 5.55. The van der Waals surface area contributed by atoms with E-state index in [1.165, 1.54) is 19.3 Å². The first-order valence-corrected chi connectivity index (χ1v) is 4.16. The fourth-order valence-corrected chi connectivity index (χ4v) is 1.06. The maximum absolute atomic E-state index is 5.55. The zero-order valence-electron chi connectivity index (χ0n) is 6.97. The van der Waals surface area contributed by atoms with Crippen molar-refractivity contribution in [2.75, 3.05) is 6.54 Å². The highest BCUT2D eigenvalue weighted by Crippen LogP contribution is 2.10. The summed E-state index contributed by atoms with van der Waals surface area (Å²) in [4.78, 5) is 0. The molecule has 0 rings (SSSR count). The Hall–Kier alpha value is -0.300. The van der Waals surface area contributed by atoms with Gasteiger partial charge in [0.05, 0.1) is 0 Å². The first kappa shape index (κ1) is 9.70. The van der Waals surface area contributed by atoms with Crippen molar-refractivity contribution in [2.45, 2.75) is 32.6 Å². The van der Waals surface area contributed by atoms with E-state index in [-0.39, 0.29) is 0 Å². The van der Waals surface area contributed by atoms with Gasteiger partial charge < -0.3 is 5.73 Å². The largest absolute Gasteiger partial charge is 0.330 e. The summed E-state index contributed by atoms with van der Waals surface area (Å²) >= 11 is 0. The third-order valence-electron chi connectivity index (χ3n) is 1.80. The zero-order valence-corrected chi connectivity index (χ0v) is 6.97. The van der Waals surface area contributed by atoms with Crippen molar-refractivity contribution in [2.24, 2.45) is 11.7 Å². The minimum Gasteiger partial charge on any atom is -0.330 e. The monoisotopic (exact) mass is 141 g/mol. The van der Waals surface area contributed by atoms with E-state index in [4.69, 9.17) is 5.73 Å². The quantitative estimate of drug-likeness (QED) is 0.564. The second-order valence-corrected chi connectivity index (χ2v) is 2.77. The molecule has 60 valence electrons. The Kier molecular flexibility index (Phi) is 6.61. The highest BCUT2D eigenvalue weighted by atomic mass is 14.5. The predicted molar refractivity (Wildman–Crippen MR) is 46.9 cm³/mol. The molecule has 0 spiro atoms. The molecule has 0 aliphatic rings. The van der Waals surface area contributed by atoms with E-state index in [9.17, 15) is 0 Å². The number of unbranched alkanes of at least 4 members (excludes halogenated alkanes) is 1. The summed E-state index contributed by atoms with van der Waals surface area (Å²) in [6.07, 6.45) is 6.88. The molecule has 0 saturated heterocycles. The first-order chi connectivity index (χ1) is 4.85. The average Bonchev–Trinajstić information content (AvgIpc) is 1.98. The van der Waals surface area contributed by atoms with Crippen LogP contribution in [0.15, 0.2) is 12.7 Å². The zero-order chi connectivity index (χ0) is 7.82. The van der Waals surface area contributed by atoms with E-state index >= 15 is 0 Å². The molecule has 0 fully saturated rings. The summed E-state index contributed by atoms with van der Waals surface area (Å²) in [5.74, 6) is 0.678. The summed E-state index contributed by atoms with van der Waals surface area (Å²) in [7, 11) is 0. The minimum atomic E-state index is 0.678. The average molecular weight is 141 g/mol. The Labute approximate surface area is 64.3 Å². The van der Waals surface area contributed by atoms with Gasteiger partial charge in [-0.3, -0.25) is 0 Å². The fraction of sp³-hybridized carbons (Fsp3) is 0.778. The third kappa shape index (κ3) is 4.57. The minimum absolute atomic E-state index is 0.678. The molecule has 0 radical (unpaired) electrons. The lowest BCUT2D eigenvalue weighted by Crippen LogP contribution is -2.13. The molecule has 0 unspecified atom stereocenters. The van der Waals surface area contributed by atoms with E-state index in [1.807, 2.05) is 6.08 Å². The number of nitrogens with two attached hydrogens (primary N) is 1. The molecule has 1 nitrogen and oxygen atoms in total. The van der Waals surface area contributed by atoms with Crippen LogP contribution in [0.4, 0.5) is 0 Å². The van der Waals surface area contributed by atoms with Gasteiger partial charge in [-0.2, -0.15) is 0 Å². The maximum atomic E-state index is 5.55. The van der Waals surface area contributed by atoms with Crippen molar-refractivity contribution in [3.63, 3.8) is 0 Å². The molecule has 1 atom stereocenters. The lowest BCUT2D eigenvalue weighted by molar-refractivity contribution is 0.480. The Balaban J connectivity index is 3.29. The smallest absolute Gasteiger partial charge is 0.00459 e. The van der Waals surface area contributed by atoms with E-state index in [2.05, 4.69) is 13.5 Å². The van der Waals surface area contributed by atoms with E-state index in [0.29, 0.717) is 5.92 Å². The summed E-state index contributed by atoms with van der Waals surface area (Å²) in [5, 5.41) is 0. The number of hydrogen-bond donors (Lipinski definition) is 1. The van der Waals surface area contributed by atoms with Gasteiger partial charge in [-0.1, -0.05) is 25.8 Å². The van der Waals surface area contributed by atoms with Crippen molar-refractivity contribution in [3.8, 4) is 0 Å². The van der Waals surface area contributed by atoms with Crippen LogP contribution in [0.3, 0.4) is 0 Å². The van der Waals surface area contributed by atoms with Gasteiger partial charge in [0.15, 0.2) is 0 Å². The highest BCUT2D eigenvalue weighted by molar-refractivity contribution is 4.73. The number of allylic oxidation sites excluding steroid dienone is 1. The van der Waals surface area contributed by atoms with Gasteiger partial charge >= 0.3 is 0 Å². The Morgan fingerprint density at radius 1 is 1.60 bits per heavy atom. The molecule has 0 saturated carbocycles.